The third kappa shape index (κ3) is 4.26. The zero-order valence-electron chi connectivity index (χ0n) is 14.6. The van der Waals surface area contributed by atoms with Crippen molar-refractivity contribution in [2.75, 3.05) is 13.1 Å². The van der Waals surface area contributed by atoms with Crippen molar-refractivity contribution >= 4 is 12.1 Å². The highest BCUT2D eigenvalue weighted by Crippen LogP contribution is 2.33. The van der Waals surface area contributed by atoms with Gasteiger partial charge in [0, 0.05) is 6.54 Å². The molecule has 1 saturated heterocycles. The molecule has 0 spiro atoms. The quantitative estimate of drug-likeness (QED) is 0.858. The van der Waals surface area contributed by atoms with Crippen LogP contribution in [0.15, 0.2) is 30.3 Å². The van der Waals surface area contributed by atoms with Crippen LogP contribution in [0.5, 0.6) is 0 Å². The van der Waals surface area contributed by atoms with E-state index in [2.05, 4.69) is 0 Å². The van der Waals surface area contributed by atoms with E-state index in [0.717, 1.165) is 5.56 Å². The van der Waals surface area contributed by atoms with Gasteiger partial charge in [-0.15, -0.1) is 0 Å². The lowest BCUT2D eigenvalue weighted by atomic mass is 9.87. The first-order valence-corrected chi connectivity index (χ1v) is 7.99. The van der Waals surface area contributed by atoms with Crippen molar-refractivity contribution < 1.29 is 24.2 Å². The average Bonchev–Trinajstić information content (AvgIpc) is 2.81. The van der Waals surface area contributed by atoms with Crippen molar-refractivity contribution in [3.8, 4) is 0 Å². The maximum absolute atomic E-state index is 12.4. The molecule has 24 heavy (non-hydrogen) atoms. The topological polar surface area (TPSA) is 76.1 Å². The van der Waals surface area contributed by atoms with E-state index in [-0.39, 0.29) is 19.7 Å². The Labute approximate surface area is 142 Å². The average molecular weight is 335 g/mol. The van der Waals surface area contributed by atoms with E-state index in [4.69, 9.17) is 9.47 Å². The second kappa shape index (κ2) is 6.81. The van der Waals surface area contributed by atoms with Crippen molar-refractivity contribution in [3.05, 3.63) is 35.9 Å². The Balaban J connectivity index is 1.96. The van der Waals surface area contributed by atoms with E-state index in [1.54, 1.807) is 27.7 Å². The predicted molar refractivity (Wildman–Crippen MR) is 88.2 cm³/mol. The summed E-state index contributed by atoms with van der Waals surface area (Å²) in [5, 5.41) is 10.3. The predicted octanol–water partition coefficient (Wildman–Crippen LogP) is 2.35. The molecule has 0 aromatic heterocycles. The first-order chi connectivity index (χ1) is 11.1. The summed E-state index contributed by atoms with van der Waals surface area (Å²) in [6, 6.07) is 9.33. The van der Waals surface area contributed by atoms with E-state index >= 15 is 0 Å². The second-order valence-electron chi connectivity index (χ2n) is 7.36. The van der Waals surface area contributed by atoms with Gasteiger partial charge in [0.25, 0.3) is 0 Å². The van der Waals surface area contributed by atoms with E-state index in [1.807, 2.05) is 30.3 Å². The number of ether oxygens (including phenoxy) is 2. The van der Waals surface area contributed by atoms with Gasteiger partial charge in [0.15, 0.2) is 0 Å². The molecule has 0 aliphatic carbocycles. The number of aliphatic hydroxyl groups is 1. The van der Waals surface area contributed by atoms with Gasteiger partial charge in [-0.05, 0) is 33.3 Å². The fourth-order valence-corrected chi connectivity index (χ4v) is 2.52. The third-order valence-electron chi connectivity index (χ3n) is 3.98. The van der Waals surface area contributed by atoms with Gasteiger partial charge >= 0.3 is 12.1 Å². The largest absolute Gasteiger partial charge is 0.459 e. The number of benzene rings is 1. The Kier molecular flexibility index (Phi) is 5.18. The highest BCUT2D eigenvalue weighted by atomic mass is 16.6. The molecule has 1 heterocycles. The number of rotatable bonds is 3. The van der Waals surface area contributed by atoms with Crippen LogP contribution in [0.1, 0.15) is 33.3 Å². The number of amides is 1. The molecule has 1 amide bonds. The Hall–Kier alpha value is -2.08. The number of esters is 1. The summed E-state index contributed by atoms with van der Waals surface area (Å²) in [6.45, 7) is 7.16. The number of aliphatic hydroxyl groups excluding tert-OH is 1. The third-order valence-corrected chi connectivity index (χ3v) is 3.98. The number of hydrogen-bond acceptors (Lipinski definition) is 5. The first kappa shape index (κ1) is 18.3. The number of hydrogen-bond donors (Lipinski definition) is 1. The maximum atomic E-state index is 12.4. The maximum Gasteiger partial charge on any atom is 0.410 e. The summed E-state index contributed by atoms with van der Waals surface area (Å²) in [6.07, 6.45) is -1.54. The van der Waals surface area contributed by atoms with Gasteiger partial charge in [0.05, 0.1) is 12.6 Å². The van der Waals surface area contributed by atoms with E-state index in [1.165, 1.54) is 4.90 Å². The van der Waals surface area contributed by atoms with Gasteiger partial charge in [-0.25, -0.2) is 4.79 Å². The van der Waals surface area contributed by atoms with Gasteiger partial charge < -0.3 is 19.5 Å². The monoisotopic (exact) mass is 335 g/mol. The molecule has 1 aromatic rings. The highest BCUT2D eigenvalue weighted by molar-refractivity contribution is 5.80. The number of carbonyl (C=O) groups is 2. The summed E-state index contributed by atoms with van der Waals surface area (Å²) in [4.78, 5) is 25.9. The van der Waals surface area contributed by atoms with Crippen molar-refractivity contribution in [1.29, 1.82) is 0 Å². The summed E-state index contributed by atoms with van der Waals surface area (Å²) >= 11 is 0. The Morgan fingerprint density at radius 3 is 2.50 bits per heavy atom. The Bertz CT molecular complexity index is 595. The summed E-state index contributed by atoms with van der Waals surface area (Å²) < 4.78 is 10.6. The smallest absolute Gasteiger partial charge is 0.410 e. The minimum absolute atomic E-state index is 0.0450. The fourth-order valence-electron chi connectivity index (χ4n) is 2.52. The van der Waals surface area contributed by atoms with Crippen LogP contribution in [0.2, 0.25) is 0 Å². The lowest BCUT2D eigenvalue weighted by molar-refractivity contribution is -0.170. The summed E-state index contributed by atoms with van der Waals surface area (Å²) in [5.41, 5.74) is -0.930. The molecular formula is C18H25NO5. The molecule has 6 heteroatoms. The number of nitrogens with zero attached hydrogens (tertiary/aromatic N) is 1. The van der Waals surface area contributed by atoms with Crippen LogP contribution < -0.4 is 0 Å². The molecule has 6 nitrogen and oxygen atoms in total. The zero-order chi connectivity index (χ0) is 18.0. The number of β-amino-alcohol motifs (C(OH)–C–C–N with tert-alkyl or cyclic N) is 1. The standard InChI is InChI=1S/C18H25NO5/c1-17(2,3)24-15(21)18(4)12-19(10-14(18)20)16(22)23-11-13-8-6-5-7-9-13/h5-9,14,20H,10-12H2,1-4H3. The van der Waals surface area contributed by atoms with Crippen LogP contribution in [0.3, 0.4) is 0 Å². The molecule has 1 fully saturated rings. The highest BCUT2D eigenvalue weighted by Gasteiger charge is 2.51. The normalized spacial score (nSPS) is 23.9. The second-order valence-corrected chi connectivity index (χ2v) is 7.36. The Morgan fingerprint density at radius 1 is 1.29 bits per heavy atom. The Morgan fingerprint density at radius 2 is 1.92 bits per heavy atom. The van der Waals surface area contributed by atoms with Crippen molar-refractivity contribution in [1.82, 2.24) is 4.90 Å². The van der Waals surface area contributed by atoms with Crippen molar-refractivity contribution in [3.63, 3.8) is 0 Å². The molecule has 1 aliphatic rings. The lowest BCUT2D eigenvalue weighted by Gasteiger charge is -2.29. The number of carbonyl (C=O) groups excluding carboxylic acids is 2. The van der Waals surface area contributed by atoms with Gasteiger partial charge in [0.1, 0.15) is 17.6 Å². The van der Waals surface area contributed by atoms with Crippen molar-refractivity contribution in [2.24, 2.45) is 5.41 Å². The van der Waals surface area contributed by atoms with Crippen LogP contribution in [0.25, 0.3) is 0 Å². The van der Waals surface area contributed by atoms with Crippen LogP contribution in [-0.4, -0.2) is 46.9 Å². The summed E-state index contributed by atoms with van der Waals surface area (Å²) in [5.74, 6) is -0.513. The molecule has 1 aliphatic heterocycles. The lowest BCUT2D eigenvalue weighted by Crippen LogP contribution is -2.43. The van der Waals surface area contributed by atoms with Gasteiger partial charge in [-0.2, -0.15) is 0 Å². The van der Waals surface area contributed by atoms with Gasteiger partial charge in [0.2, 0.25) is 0 Å². The molecule has 0 bridgehead atoms. The first-order valence-electron chi connectivity index (χ1n) is 7.99. The van der Waals surface area contributed by atoms with Gasteiger partial charge in [-0.1, -0.05) is 30.3 Å². The molecule has 1 aromatic carbocycles. The molecule has 2 atom stereocenters. The minimum Gasteiger partial charge on any atom is -0.459 e. The van der Waals surface area contributed by atoms with Gasteiger partial charge in [-0.3, -0.25) is 4.79 Å². The molecular weight excluding hydrogens is 310 g/mol. The van der Waals surface area contributed by atoms with E-state index in [9.17, 15) is 14.7 Å². The fraction of sp³-hybridized carbons (Fsp3) is 0.556. The van der Waals surface area contributed by atoms with Crippen LogP contribution in [0.4, 0.5) is 4.79 Å². The zero-order valence-corrected chi connectivity index (χ0v) is 14.6. The summed E-state index contributed by atoms with van der Waals surface area (Å²) in [7, 11) is 0. The van der Waals surface area contributed by atoms with Crippen LogP contribution in [0, 0.1) is 5.41 Å². The molecule has 2 rings (SSSR count). The van der Waals surface area contributed by atoms with E-state index < -0.39 is 29.2 Å². The molecule has 0 radical (unpaired) electrons. The molecule has 0 saturated carbocycles. The van der Waals surface area contributed by atoms with Crippen molar-refractivity contribution in [2.45, 2.75) is 46.0 Å². The molecule has 1 N–H and O–H groups in total. The molecule has 132 valence electrons. The van der Waals surface area contributed by atoms with Crippen LogP contribution >= 0.6 is 0 Å². The molecule has 2 unspecified atom stereocenters. The SMILES string of the molecule is CC(C)(C)OC(=O)C1(C)CN(C(=O)OCc2ccccc2)CC1O. The minimum atomic E-state index is -1.15. The van der Waals surface area contributed by atoms with E-state index in [0.29, 0.717) is 0 Å². The van der Waals surface area contributed by atoms with Crippen LogP contribution in [-0.2, 0) is 20.9 Å². The number of likely N-dealkylation sites (tertiary alicyclic amines) is 1.